The molecule has 1 aliphatic heterocycles. The lowest BCUT2D eigenvalue weighted by Crippen LogP contribution is -2.53. The fourth-order valence-corrected chi connectivity index (χ4v) is 2.72. The van der Waals surface area contributed by atoms with Gasteiger partial charge in [0.05, 0.1) is 19.8 Å². The van der Waals surface area contributed by atoms with Gasteiger partial charge in [-0.3, -0.25) is 0 Å². The number of aliphatic hydroxyl groups is 1. The van der Waals surface area contributed by atoms with Gasteiger partial charge in [0.1, 0.15) is 5.75 Å². The molecule has 1 aromatic carbocycles. The van der Waals surface area contributed by atoms with Crippen molar-refractivity contribution in [3.8, 4) is 5.75 Å². The summed E-state index contributed by atoms with van der Waals surface area (Å²) in [7, 11) is 0. The van der Waals surface area contributed by atoms with E-state index in [1.807, 2.05) is 19.1 Å². The van der Waals surface area contributed by atoms with Crippen LogP contribution in [0, 0.1) is 5.92 Å². The van der Waals surface area contributed by atoms with Crippen LogP contribution in [0.15, 0.2) is 24.3 Å². The lowest BCUT2D eigenvalue weighted by molar-refractivity contribution is -0.101. The zero-order chi connectivity index (χ0) is 13.0. The predicted octanol–water partition coefficient (Wildman–Crippen LogP) is 2.37. The first kappa shape index (κ1) is 13.4. The number of hydrogen-bond donors (Lipinski definition) is 1. The van der Waals surface area contributed by atoms with E-state index in [4.69, 9.17) is 9.47 Å². The van der Waals surface area contributed by atoms with Crippen LogP contribution in [0.5, 0.6) is 5.75 Å². The van der Waals surface area contributed by atoms with E-state index in [1.165, 1.54) is 5.56 Å². The molecule has 0 spiro atoms. The minimum atomic E-state index is -0.0311. The second kappa shape index (κ2) is 5.72. The van der Waals surface area contributed by atoms with Crippen molar-refractivity contribution in [3.05, 3.63) is 29.8 Å². The van der Waals surface area contributed by atoms with Crippen LogP contribution in [0.1, 0.15) is 25.8 Å². The van der Waals surface area contributed by atoms with Crippen LogP contribution in [0.3, 0.4) is 0 Å². The van der Waals surface area contributed by atoms with E-state index in [0.29, 0.717) is 19.8 Å². The van der Waals surface area contributed by atoms with Crippen molar-refractivity contribution in [1.29, 1.82) is 0 Å². The van der Waals surface area contributed by atoms with Gasteiger partial charge in [-0.15, -0.1) is 0 Å². The van der Waals surface area contributed by atoms with Crippen molar-refractivity contribution in [2.75, 3.05) is 26.4 Å². The zero-order valence-corrected chi connectivity index (χ0v) is 11.2. The van der Waals surface area contributed by atoms with Crippen molar-refractivity contribution >= 4 is 0 Å². The molecular formula is C15H22O3. The minimum absolute atomic E-state index is 0.0311. The highest BCUT2D eigenvalue weighted by atomic mass is 16.5. The Labute approximate surface area is 109 Å². The molecule has 1 aromatic rings. The van der Waals surface area contributed by atoms with Crippen LogP contribution in [-0.4, -0.2) is 31.5 Å². The highest BCUT2D eigenvalue weighted by Gasteiger charge is 2.46. The second-order valence-corrected chi connectivity index (χ2v) is 4.90. The Balaban J connectivity index is 2.29. The molecule has 2 rings (SSSR count). The van der Waals surface area contributed by atoms with Gasteiger partial charge in [0.25, 0.3) is 0 Å². The van der Waals surface area contributed by atoms with Crippen LogP contribution >= 0.6 is 0 Å². The summed E-state index contributed by atoms with van der Waals surface area (Å²) in [5.41, 5.74) is 1.19. The van der Waals surface area contributed by atoms with Crippen LogP contribution in [-0.2, 0) is 10.2 Å². The molecule has 0 amide bonds. The summed E-state index contributed by atoms with van der Waals surface area (Å²) < 4.78 is 11.0. The Kier molecular flexibility index (Phi) is 4.25. The van der Waals surface area contributed by atoms with Crippen molar-refractivity contribution in [3.63, 3.8) is 0 Å². The summed E-state index contributed by atoms with van der Waals surface area (Å²) >= 11 is 0. The maximum Gasteiger partial charge on any atom is 0.119 e. The SMILES string of the molecule is CCOc1cccc(C2(C(CC)CO)COC2)c1. The van der Waals surface area contributed by atoms with Gasteiger partial charge in [0.15, 0.2) is 0 Å². The molecule has 0 bridgehead atoms. The van der Waals surface area contributed by atoms with Gasteiger partial charge in [0.2, 0.25) is 0 Å². The van der Waals surface area contributed by atoms with Gasteiger partial charge >= 0.3 is 0 Å². The molecule has 1 fully saturated rings. The standard InChI is InChI=1S/C15H22O3/c1-3-12(9-16)15(10-17-11-15)13-6-5-7-14(8-13)18-4-2/h5-8,12,16H,3-4,9-11H2,1-2H3. The number of benzene rings is 1. The average molecular weight is 250 g/mol. The third-order valence-electron chi connectivity index (χ3n) is 3.93. The Morgan fingerprint density at radius 3 is 2.67 bits per heavy atom. The Morgan fingerprint density at radius 2 is 2.17 bits per heavy atom. The van der Waals surface area contributed by atoms with E-state index >= 15 is 0 Å². The molecule has 0 aliphatic carbocycles. The average Bonchev–Trinajstić information content (AvgIpc) is 2.34. The first-order valence-corrected chi connectivity index (χ1v) is 6.68. The highest BCUT2D eigenvalue weighted by molar-refractivity contribution is 5.36. The lowest BCUT2D eigenvalue weighted by atomic mass is 9.68. The third-order valence-corrected chi connectivity index (χ3v) is 3.93. The fourth-order valence-electron chi connectivity index (χ4n) is 2.72. The predicted molar refractivity (Wildman–Crippen MR) is 71.0 cm³/mol. The molecule has 0 saturated carbocycles. The molecular weight excluding hydrogens is 228 g/mol. The third kappa shape index (κ3) is 2.25. The van der Waals surface area contributed by atoms with Crippen molar-refractivity contribution in [2.24, 2.45) is 5.92 Å². The molecule has 1 atom stereocenters. The zero-order valence-electron chi connectivity index (χ0n) is 11.2. The number of hydrogen-bond acceptors (Lipinski definition) is 3. The van der Waals surface area contributed by atoms with Crippen molar-refractivity contribution in [2.45, 2.75) is 25.7 Å². The van der Waals surface area contributed by atoms with Gasteiger partial charge in [-0.1, -0.05) is 25.5 Å². The Bertz CT molecular complexity index is 381. The largest absolute Gasteiger partial charge is 0.494 e. The maximum absolute atomic E-state index is 9.57. The Morgan fingerprint density at radius 1 is 1.39 bits per heavy atom. The lowest BCUT2D eigenvalue weighted by Gasteiger charge is -2.47. The topological polar surface area (TPSA) is 38.7 Å². The summed E-state index contributed by atoms with van der Waals surface area (Å²) in [6.07, 6.45) is 0.957. The van der Waals surface area contributed by atoms with E-state index in [2.05, 4.69) is 19.1 Å². The smallest absolute Gasteiger partial charge is 0.119 e. The van der Waals surface area contributed by atoms with Gasteiger partial charge in [-0.2, -0.15) is 0 Å². The van der Waals surface area contributed by atoms with Crippen LogP contribution < -0.4 is 4.74 Å². The highest BCUT2D eigenvalue weighted by Crippen LogP contribution is 2.41. The fraction of sp³-hybridized carbons (Fsp3) is 0.600. The number of ether oxygens (including phenoxy) is 2. The maximum atomic E-state index is 9.57. The quantitative estimate of drug-likeness (QED) is 0.842. The summed E-state index contributed by atoms with van der Waals surface area (Å²) in [6.45, 7) is 6.37. The first-order valence-electron chi connectivity index (χ1n) is 6.68. The Hall–Kier alpha value is -1.06. The number of rotatable bonds is 6. The van der Waals surface area contributed by atoms with Gasteiger partial charge in [0, 0.05) is 12.0 Å². The van der Waals surface area contributed by atoms with E-state index in [9.17, 15) is 5.11 Å². The minimum Gasteiger partial charge on any atom is -0.494 e. The normalized spacial score (nSPS) is 19.1. The monoisotopic (exact) mass is 250 g/mol. The molecule has 100 valence electrons. The number of aliphatic hydroxyl groups excluding tert-OH is 1. The van der Waals surface area contributed by atoms with Crippen LogP contribution in [0.4, 0.5) is 0 Å². The van der Waals surface area contributed by atoms with Crippen LogP contribution in [0.2, 0.25) is 0 Å². The van der Waals surface area contributed by atoms with E-state index in [-0.39, 0.29) is 17.9 Å². The molecule has 18 heavy (non-hydrogen) atoms. The van der Waals surface area contributed by atoms with E-state index < -0.39 is 0 Å². The second-order valence-electron chi connectivity index (χ2n) is 4.90. The molecule has 3 nitrogen and oxygen atoms in total. The molecule has 1 N–H and O–H groups in total. The molecule has 0 aromatic heterocycles. The van der Waals surface area contributed by atoms with Crippen LogP contribution in [0.25, 0.3) is 0 Å². The molecule has 3 heteroatoms. The molecule has 1 heterocycles. The van der Waals surface area contributed by atoms with E-state index in [0.717, 1.165) is 12.2 Å². The summed E-state index contributed by atoms with van der Waals surface area (Å²) in [4.78, 5) is 0. The van der Waals surface area contributed by atoms with Crippen molar-refractivity contribution < 1.29 is 14.6 Å². The van der Waals surface area contributed by atoms with Crippen molar-refractivity contribution in [1.82, 2.24) is 0 Å². The summed E-state index contributed by atoms with van der Waals surface area (Å²) in [5.74, 6) is 1.15. The molecule has 0 radical (unpaired) electrons. The first-order chi connectivity index (χ1) is 8.76. The van der Waals surface area contributed by atoms with Gasteiger partial charge in [-0.05, 0) is 30.5 Å². The molecule has 1 saturated heterocycles. The molecule has 1 unspecified atom stereocenters. The van der Waals surface area contributed by atoms with Gasteiger partial charge < -0.3 is 14.6 Å². The summed E-state index contributed by atoms with van der Waals surface area (Å²) in [6, 6.07) is 8.19. The van der Waals surface area contributed by atoms with E-state index in [1.54, 1.807) is 0 Å². The summed E-state index contributed by atoms with van der Waals surface area (Å²) in [5, 5.41) is 9.57. The molecule has 1 aliphatic rings. The van der Waals surface area contributed by atoms with Gasteiger partial charge in [-0.25, -0.2) is 0 Å².